The minimum atomic E-state index is 1.38. The molecule has 0 atom stereocenters. The molecule has 19 heavy (non-hydrogen) atoms. The van der Waals surface area contributed by atoms with Gasteiger partial charge < -0.3 is 0 Å². The van der Waals surface area contributed by atoms with Crippen LogP contribution in [0.5, 0.6) is 0 Å². The van der Waals surface area contributed by atoms with Crippen molar-refractivity contribution in [1.82, 2.24) is 0 Å². The number of thioether (sulfide) groups is 2. The van der Waals surface area contributed by atoms with Gasteiger partial charge in [0.2, 0.25) is 0 Å². The lowest BCUT2D eigenvalue weighted by Gasteiger charge is -1.90. The maximum Gasteiger partial charge on any atom is 0.280 e. The van der Waals surface area contributed by atoms with Gasteiger partial charge in [0.25, 0.3) is 4.19 Å². The van der Waals surface area contributed by atoms with Crippen molar-refractivity contribution in [3.05, 3.63) is 57.0 Å². The minimum absolute atomic E-state index is 1.38. The molecule has 0 amide bonds. The molecular formula is C15H9S4+. The van der Waals surface area contributed by atoms with Crippen molar-refractivity contribution in [2.45, 2.75) is 9.79 Å². The average molecular weight is 318 g/mol. The number of benzene rings is 2. The van der Waals surface area contributed by atoms with Crippen LogP contribution in [0.15, 0.2) is 62.6 Å². The molecule has 0 aliphatic carbocycles. The molecule has 0 fully saturated rings. The van der Waals surface area contributed by atoms with Gasteiger partial charge in [0.05, 0.1) is 26.9 Å². The molecule has 0 saturated carbocycles. The van der Waals surface area contributed by atoms with Crippen molar-refractivity contribution in [1.29, 1.82) is 0 Å². The molecule has 2 heterocycles. The van der Waals surface area contributed by atoms with Crippen LogP contribution in [0.25, 0.3) is 15.5 Å². The zero-order valence-corrected chi connectivity index (χ0v) is 13.1. The van der Waals surface area contributed by atoms with E-state index in [2.05, 4.69) is 54.6 Å². The van der Waals surface area contributed by atoms with Crippen LogP contribution in [-0.2, 0) is 0 Å². The second kappa shape index (κ2) is 4.94. The van der Waals surface area contributed by atoms with Gasteiger partial charge in [-0.25, -0.2) is 0 Å². The Hall–Kier alpha value is -0.810. The average Bonchev–Trinajstić information content (AvgIpc) is 3.00. The lowest BCUT2D eigenvalue weighted by atomic mass is 10.4. The molecule has 1 aromatic heterocycles. The Bertz CT molecular complexity index is 725. The molecule has 1 aliphatic heterocycles. The standard InChI is InChI=1S/C15H9S4/c1-2-6-11-10(5-1)16-14(17-11)9-15-18-12-7-3-4-8-13(12)19-15/h1-9H/q+1. The molecule has 4 rings (SSSR count). The quantitative estimate of drug-likeness (QED) is 0.474. The van der Waals surface area contributed by atoms with E-state index < -0.39 is 0 Å². The van der Waals surface area contributed by atoms with Crippen LogP contribution >= 0.6 is 46.2 Å². The molecule has 4 heteroatoms. The Morgan fingerprint density at radius 2 is 1.53 bits per heavy atom. The van der Waals surface area contributed by atoms with Crippen LogP contribution in [0.2, 0.25) is 0 Å². The summed E-state index contributed by atoms with van der Waals surface area (Å²) in [6, 6.07) is 17.2. The summed E-state index contributed by atoms with van der Waals surface area (Å²) in [5.41, 5.74) is 0. The second-order valence-electron chi connectivity index (χ2n) is 4.08. The summed E-state index contributed by atoms with van der Waals surface area (Å²) in [7, 11) is 0. The van der Waals surface area contributed by atoms with Crippen LogP contribution < -0.4 is 0 Å². The van der Waals surface area contributed by atoms with Gasteiger partial charge in [-0.1, -0.05) is 47.8 Å². The van der Waals surface area contributed by atoms with E-state index in [-0.39, 0.29) is 0 Å². The maximum atomic E-state index is 2.32. The second-order valence-corrected chi connectivity index (χ2v) is 8.94. The normalized spacial score (nSPS) is 13.8. The van der Waals surface area contributed by atoms with E-state index in [1.165, 1.54) is 27.6 Å². The molecular weight excluding hydrogens is 308 g/mol. The molecule has 0 spiro atoms. The van der Waals surface area contributed by atoms with Crippen LogP contribution in [0.4, 0.5) is 0 Å². The van der Waals surface area contributed by atoms with Crippen molar-refractivity contribution in [2.75, 3.05) is 0 Å². The predicted octanol–water partition coefficient (Wildman–Crippen LogP) is 6.44. The zero-order valence-electron chi connectivity index (χ0n) is 9.83. The van der Waals surface area contributed by atoms with Gasteiger partial charge in [-0.05, 0) is 24.3 Å². The molecule has 0 radical (unpaired) electrons. The van der Waals surface area contributed by atoms with Crippen molar-refractivity contribution in [3.63, 3.8) is 0 Å². The van der Waals surface area contributed by atoms with Crippen LogP contribution in [0.1, 0.15) is 4.19 Å². The van der Waals surface area contributed by atoms with Gasteiger partial charge >= 0.3 is 0 Å². The van der Waals surface area contributed by atoms with Crippen LogP contribution in [0.3, 0.4) is 0 Å². The van der Waals surface area contributed by atoms with E-state index in [0.717, 1.165) is 0 Å². The number of hydrogen-bond acceptors (Lipinski definition) is 3. The summed E-state index contributed by atoms with van der Waals surface area (Å²) in [6.07, 6.45) is 2.32. The third-order valence-corrected chi connectivity index (χ3v) is 7.61. The van der Waals surface area contributed by atoms with Crippen molar-refractivity contribution in [2.24, 2.45) is 0 Å². The Labute approximate surface area is 128 Å². The molecule has 0 N–H and O–H groups in total. The summed E-state index contributed by atoms with van der Waals surface area (Å²) in [5.74, 6) is 0. The molecule has 3 aromatic rings. The van der Waals surface area contributed by atoms with E-state index >= 15 is 0 Å². The zero-order chi connectivity index (χ0) is 12.7. The van der Waals surface area contributed by atoms with Crippen LogP contribution in [-0.4, -0.2) is 0 Å². The lowest BCUT2D eigenvalue weighted by Crippen LogP contribution is -1.65. The van der Waals surface area contributed by atoms with Crippen molar-refractivity contribution >= 4 is 61.7 Å². The van der Waals surface area contributed by atoms with Gasteiger partial charge in [0.15, 0.2) is 9.40 Å². The smallest absolute Gasteiger partial charge is 0.0813 e. The third kappa shape index (κ3) is 2.34. The first-order chi connectivity index (χ1) is 9.38. The third-order valence-electron chi connectivity index (χ3n) is 2.78. The van der Waals surface area contributed by atoms with Gasteiger partial charge in [-0.2, -0.15) is 0 Å². The molecule has 2 aromatic carbocycles. The molecule has 0 unspecified atom stereocenters. The van der Waals surface area contributed by atoms with Gasteiger partial charge in [0.1, 0.15) is 0 Å². The lowest BCUT2D eigenvalue weighted by molar-refractivity contribution is 1.27. The Morgan fingerprint density at radius 3 is 2.26 bits per heavy atom. The summed E-state index contributed by atoms with van der Waals surface area (Å²) in [6.45, 7) is 0. The topological polar surface area (TPSA) is 0 Å². The fourth-order valence-corrected chi connectivity index (χ4v) is 6.97. The summed E-state index contributed by atoms with van der Waals surface area (Å²) < 4.78 is 5.52. The highest BCUT2D eigenvalue weighted by Crippen LogP contribution is 2.52. The van der Waals surface area contributed by atoms with Gasteiger partial charge in [-0.15, -0.1) is 0 Å². The van der Waals surface area contributed by atoms with Gasteiger partial charge in [0, 0.05) is 15.9 Å². The Morgan fingerprint density at radius 1 is 0.842 bits per heavy atom. The Balaban J connectivity index is 1.70. The Kier molecular flexibility index (Phi) is 3.11. The highest BCUT2D eigenvalue weighted by Gasteiger charge is 2.20. The molecule has 1 aliphatic rings. The fraction of sp³-hybridized carbons (Fsp3) is 0. The SMILES string of the molecule is C(=C1Sc2ccccc2S1)c1sc2ccccc2[s+]1. The first kappa shape index (κ1) is 12.0. The minimum Gasteiger partial charge on any atom is -0.0813 e. The molecule has 0 saturated heterocycles. The van der Waals surface area contributed by atoms with E-state index in [0.29, 0.717) is 0 Å². The van der Waals surface area contributed by atoms with E-state index in [9.17, 15) is 0 Å². The van der Waals surface area contributed by atoms with Crippen molar-refractivity contribution < 1.29 is 0 Å². The van der Waals surface area contributed by atoms with E-state index in [1.807, 2.05) is 46.2 Å². The number of hydrogen-bond donors (Lipinski definition) is 0. The first-order valence-electron chi connectivity index (χ1n) is 5.87. The molecule has 0 nitrogen and oxygen atoms in total. The van der Waals surface area contributed by atoms with Crippen LogP contribution in [0, 0.1) is 0 Å². The predicted molar refractivity (Wildman–Crippen MR) is 90.2 cm³/mol. The van der Waals surface area contributed by atoms with Crippen molar-refractivity contribution in [3.8, 4) is 0 Å². The van der Waals surface area contributed by atoms with Gasteiger partial charge in [-0.3, -0.25) is 0 Å². The first-order valence-corrected chi connectivity index (χ1v) is 9.13. The fourth-order valence-electron chi connectivity index (χ4n) is 1.93. The highest BCUT2D eigenvalue weighted by molar-refractivity contribution is 8.25. The highest BCUT2D eigenvalue weighted by atomic mass is 32.2. The molecule has 0 bridgehead atoms. The largest absolute Gasteiger partial charge is 0.280 e. The van der Waals surface area contributed by atoms with E-state index in [4.69, 9.17) is 0 Å². The molecule has 92 valence electrons. The number of rotatable bonds is 1. The summed E-state index contributed by atoms with van der Waals surface area (Å²) in [4.78, 5) is 2.76. The van der Waals surface area contributed by atoms with E-state index in [1.54, 1.807) is 0 Å². The summed E-state index contributed by atoms with van der Waals surface area (Å²) in [5, 5.41) is 0. The monoisotopic (exact) mass is 317 g/mol. The number of fused-ring (bicyclic) bond motifs is 2. The maximum absolute atomic E-state index is 2.32. The summed E-state index contributed by atoms with van der Waals surface area (Å²) >= 11 is 7.51.